The summed E-state index contributed by atoms with van der Waals surface area (Å²) in [5.74, 6) is 0.155. The van der Waals surface area contributed by atoms with E-state index in [0.717, 1.165) is 0 Å². The van der Waals surface area contributed by atoms with E-state index in [4.69, 9.17) is 24.1 Å². The van der Waals surface area contributed by atoms with Gasteiger partial charge in [-0.3, -0.25) is 0 Å². The quantitative estimate of drug-likeness (QED) is 0.264. The minimum atomic E-state index is -0.118. The van der Waals surface area contributed by atoms with Crippen LogP contribution >= 0.6 is 0 Å². The van der Waals surface area contributed by atoms with Gasteiger partial charge in [-0.25, -0.2) is 0 Å². The summed E-state index contributed by atoms with van der Waals surface area (Å²) in [6.45, 7) is 7.02. The van der Waals surface area contributed by atoms with E-state index in [0.29, 0.717) is 13.2 Å². The Morgan fingerprint density at radius 2 is 2.24 bits per heavy atom. The molecular formula is C12H22O5. The van der Waals surface area contributed by atoms with Crippen LogP contribution in [0.25, 0.3) is 0 Å². The highest BCUT2D eigenvalue weighted by Crippen LogP contribution is 2.31. The first kappa shape index (κ1) is 14.6. The third-order valence-corrected chi connectivity index (χ3v) is 2.79. The van der Waals surface area contributed by atoms with Gasteiger partial charge in [-0.2, -0.15) is 0 Å². The van der Waals surface area contributed by atoms with Crippen molar-refractivity contribution >= 4 is 0 Å². The maximum Gasteiger partial charge on any atom is 0.147 e. The lowest BCUT2D eigenvalue weighted by atomic mass is 10.0. The molecule has 0 amide bonds. The number of epoxide rings is 1. The fourth-order valence-corrected chi connectivity index (χ4v) is 1.60. The Bertz CT molecular complexity index is 221. The lowest BCUT2D eigenvalue weighted by Gasteiger charge is -2.20. The summed E-state index contributed by atoms with van der Waals surface area (Å²) in [4.78, 5) is 0. The minimum Gasteiger partial charge on any atom is -0.394 e. The molecule has 5 nitrogen and oxygen atoms in total. The van der Waals surface area contributed by atoms with Gasteiger partial charge in [0, 0.05) is 13.0 Å². The first-order valence-corrected chi connectivity index (χ1v) is 5.81. The number of ether oxygens (including phenoxy) is 4. The van der Waals surface area contributed by atoms with Crippen LogP contribution < -0.4 is 0 Å². The molecule has 5 heteroatoms. The third-order valence-electron chi connectivity index (χ3n) is 2.79. The standard InChI is InChI=1S/C12H22O5/c1-4-9(2)11(12-10(7-13)17-12)16-8-15-6-5-14-3/h4,9-13H,1,5-8H2,2-3H3/t9-,10+,11+,12+/m1/s1. The zero-order valence-corrected chi connectivity index (χ0v) is 10.5. The second-order valence-electron chi connectivity index (χ2n) is 4.07. The lowest BCUT2D eigenvalue weighted by molar-refractivity contribution is -0.113. The van der Waals surface area contributed by atoms with Gasteiger partial charge in [0.1, 0.15) is 19.0 Å². The molecule has 1 fully saturated rings. The molecule has 4 atom stereocenters. The molecule has 0 radical (unpaired) electrons. The molecule has 0 aromatic heterocycles. The average molecular weight is 246 g/mol. The van der Waals surface area contributed by atoms with E-state index >= 15 is 0 Å². The molecule has 0 spiro atoms. The second kappa shape index (κ2) is 7.79. The monoisotopic (exact) mass is 246 g/mol. The molecule has 1 saturated heterocycles. The second-order valence-corrected chi connectivity index (χ2v) is 4.07. The predicted octanol–water partition coefficient (Wildman–Crippen LogP) is 0.574. The van der Waals surface area contributed by atoms with Gasteiger partial charge < -0.3 is 24.1 Å². The van der Waals surface area contributed by atoms with Gasteiger partial charge in [0.05, 0.1) is 25.9 Å². The van der Waals surface area contributed by atoms with E-state index in [9.17, 15) is 0 Å². The maximum atomic E-state index is 8.97. The number of hydrogen-bond acceptors (Lipinski definition) is 5. The fourth-order valence-electron chi connectivity index (χ4n) is 1.60. The van der Waals surface area contributed by atoms with Crippen LogP contribution in [0.5, 0.6) is 0 Å². The molecular weight excluding hydrogens is 224 g/mol. The van der Waals surface area contributed by atoms with E-state index in [1.54, 1.807) is 7.11 Å². The molecule has 0 bridgehead atoms. The van der Waals surface area contributed by atoms with Crippen molar-refractivity contribution in [3.05, 3.63) is 12.7 Å². The first-order valence-electron chi connectivity index (χ1n) is 5.81. The number of aliphatic hydroxyl groups excluding tert-OH is 1. The van der Waals surface area contributed by atoms with Crippen molar-refractivity contribution in [1.29, 1.82) is 0 Å². The molecule has 1 aliphatic heterocycles. The summed E-state index contributed by atoms with van der Waals surface area (Å²) in [5, 5.41) is 8.97. The molecule has 17 heavy (non-hydrogen) atoms. The summed E-state index contributed by atoms with van der Waals surface area (Å²) >= 11 is 0. The van der Waals surface area contributed by atoms with E-state index in [1.807, 2.05) is 13.0 Å². The first-order chi connectivity index (χ1) is 8.24. The average Bonchev–Trinajstić information content (AvgIpc) is 3.12. The Balaban J connectivity index is 2.25. The Hall–Kier alpha value is -0.460. The van der Waals surface area contributed by atoms with E-state index in [2.05, 4.69) is 6.58 Å². The molecule has 1 rings (SSSR count). The zero-order valence-electron chi connectivity index (χ0n) is 10.5. The molecule has 0 aromatic carbocycles. The highest BCUT2D eigenvalue weighted by molar-refractivity contribution is 4.97. The Kier molecular flexibility index (Phi) is 6.69. The number of hydrogen-bond donors (Lipinski definition) is 1. The lowest BCUT2D eigenvalue weighted by Crippen LogP contribution is -2.29. The highest BCUT2D eigenvalue weighted by Gasteiger charge is 2.46. The van der Waals surface area contributed by atoms with Gasteiger partial charge in [0.2, 0.25) is 0 Å². The predicted molar refractivity (Wildman–Crippen MR) is 62.7 cm³/mol. The topological polar surface area (TPSA) is 60.5 Å². The number of rotatable bonds is 10. The van der Waals surface area contributed by atoms with Crippen LogP contribution in [-0.2, 0) is 18.9 Å². The van der Waals surface area contributed by atoms with Crippen LogP contribution in [-0.4, -0.2) is 57.1 Å². The summed E-state index contributed by atoms with van der Waals surface area (Å²) in [6.07, 6.45) is 1.53. The summed E-state index contributed by atoms with van der Waals surface area (Å²) in [5.41, 5.74) is 0. The minimum absolute atomic E-state index is 0.0267. The molecule has 0 unspecified atom stereocenters. The van der Waals surface area contributed by atoms with Crippen molar-refractivity contribution in [2.45, 2.75) is 25.2 Å². The van der Waals surface area contributed by atoms with Crippen LogP contribution in [0.15, 0.2) is 12.7 Å². The van der Waals surface area contributed by atoms with Crippen molar-refractivity contribution < 1.29 is 24.1 Å². The van der Waals surface area contributed by atoms with Crippen LogP contribution in [0.3, 0.4) is 0 Å². The largest absolute Gasteiger partial charge is 0.394 e. The smallest absolute Gasteiger partial charge is 0.147 e. The van der Waals surface area contributed by atoms with Gasteiger partial charge in [-0.1, -0.05) is 13.0 Å². The van der Waals surface area contributed by atoms with Crippen molar-refractivity contribution in [1.82, 2.24) is 0 Å². The molecule has 0 saturated carbocycles. The van der Waals surface area contributed by atoms with Gasteiger partial charge in [0.25, 0.3) is 0 Å². The van der Waals surface area contributed by atoms with Crippen molar-refractivity contribution in [2.75, 3.05) is 33.7 Å². The molecule has 1 heterocycles. The van der Waals surface area contributed by atoms with Gasteiger partial charge in [-0.15, -0.1) is 6.58 Å². The van der Waals surface area contributed by atoms with Gasteiger partial charge >= 0.3 is 0 Å². The maximum absolute atomic E-state index is 8.97. The molecule has 0 aliphatic carbocycles. The zero-order chi connectivity index (χ0) is 12.7. The number of methoxy groups -OCH3 is 1. The van der Waals surface area contributed by atoms with E-state index < -0.39 is 0 Å². The summed E-state index contributed by atoms with van der Waals surface area (Å²) in [6, 6.07) is 0. The Labute approximate surface area is 102 Å². The summed E-state index contributed by atoms with van der Waals surface area (Å²) in [7, 11) is 1.62. The molecule has 1 aliphatic rings. The van der Waals surface area contributed by atoms with E-state index in [-0.39, 0.29) is 37.6 Å². The van der Waals surface area contributed by atoms with Gasteiger partial charge in [0.15, 0.2) is 0 Å². The highest BCUT2D eigenvalue weighted by atomic mass is 16.7. The van der Waals surface area contributed by atoms with Crippen LogP contribution in [0.1, 0.15) is 6.92 Å². The van der Waals surface area contributed by atoms with Crippen molar-refractivity contribution in [3.8, 4) is 0 Å². The number of aliphatic hydroxyl groups is 1. The van der Waals surface area contributed by atoms with Crippen LogP contribution in [0.4, 0.5) is 0 Å². The van der Waals surface area contributed by atoms with E-state index in [1.165, 1.54) is 0 Å². The molecule has 0 aromatic rings. The normalized spacial score (nSPS) is 26.5. The van der Waals surface area contributed by atoms with Crippen molar-refractivity contribution in [3.63, 3.8) is 0 Å². The molecule has 1 N–H and O–H groups in total. The third kappa shape index (κ3) is 4.73. The van der Waals surface area contributed by atoms with Crippen LogP contribution in [0, 0.1) is 5.92 Å². The Morgan fingerprint density at radius 1 is 1.47 bits per heavy atom. The molecule has 100 valence electrons. The van der Waals surface area contributed by atoms with Crippen molar-refractivity contribution in [2.24, 2.45) is 5.92 Å². The summed E-state index contributed by atoms with van der Waals surface area (Å²) < 4.78 is 21.0. The fraction of sp³-hybridized carbons (Fsp3) is 0.833. The SMILES string of the molecule is C=C[C@@H](C)[C@H](OCOCCOC)[C@H]1O[C@H]1CO. The Morgan fingerprint density at radius 3 is 2.76 bits per heavy atom. The van der Waals surface area contributed by atoms with Crippen LogP contribution in [0.2, 0.25) is 0 Å². The van der Waals surface area contributed by atoms with Gasteiger partial charge in [-0.05, 0) is 0 Å².